The minimum absolute atomic E-state index is 0.0417. The van der Waals surface area contributed by atoms with Gasteiger partial charge in [-0.05, 0) is 38.0 Å². The SMILES string of the molecule is Cc1nc(COC(=O)c2ccc(Cl)c(S(=O)(=O)N3CCCCCC3)c2)cs1. The number of carbonyl (C=O) groups is 1. The van der Waals surface area contributed by atoms with E-state index in [1.165, 1.54) is 33.8 Å². The van der Waals surface area contributed by atoms with Gasteiger partial charge in [0.15, 0.2) is 0 Å². The Bertz CT molecular complexity index is 919. The van der Waals surface area contributed by atoms with Crippen molar-refractivity contribution >= 4 is 38.9 Å². The van der Waals surface area contributed by atoms with Crippen LogP contribution in [0.25, 0.3) is 0 Å². The quantitative estimate of drug-likeness (QED) is 0.672. The van der Waals surface area contributed by atoms with Crippen molar-refractivity contribution in [3.8, 4) is 0 Å². The van der Waals surface area contributed by atoms with E-state index in [-0.39, 0.29) is 22.1 Å². The monoisotopic (exact) mass is 428 g/mol. The van der Waals surface area contributed by atoms with Crippen molar-refractivity contribution in [3.63, 3.8) is 0 Å². The molecule has 27 heavy (non-hydrogen) atoms. The molecule has 2 heterocycles. The van der Waals surface area contributed by atoms with Gasteiger partial charge in [0.1, 0.15) is 11.5 Å². The van der Waals surface area contributed by atoms with Crippen molar-refractivity contribution < 1.29 is 17.9 Å². The molecule has 0 unspecified atom stereocenters. The van der Waals surface area contributed by atoms with E-state index >= 15 is 0 Å². The Balaban J connectivity index is 1.79. The van der Waals surface area contributed by atoms with Gasteiger partial charge in [-0.25, -0.2) is 18.2 Å². The maximum Gasteiger partial charge on any atom is 0.338 e. The molecule has 0 radical (unpaired) electrons. The van der Waals surface area contributed by atoms with Gasteiger partial charge >= 0.3 is 5.97 Å². The summed E-state index contributed by atoms with van der Waals surface area (Å²) < 4.78 is 32.7. The molecule has 1 aliphatic rings. The number of rotatable bonds is 5. The van der Waals surface area contributed by atoms with Crippen LogP contribution in [0.2, 0.25) is 5.02 Å². The van der Waals surface area contributed by atoms with Crippen LogP contribution in [0, 0.1) is 6.92 Å². The summed E-state index contributed by atoms with van der Waals surface area (Å²) in [7, 11) is -3.75. The van der Waals surface area contributed by atoms with Gasteiger partial charge in [-0.1, -0.05) is 24.4 Å². The summed E-state index contributed by atoms with van der Waals surface area (Å²) in [5.41, 5.74) is 0.817. The first kappa shape index (κ1) is 20.3. The third-order valence-electron chi connectivity index (χ3n) is 4.37. The van der Waals surface area contributed by atoms with Crippen LogP contribution in [-0.4, -0.2) is 36.8 Å². The predicted octanol–water partition coefficient (Wildman–Crippen LogP) is 4.03. The zero-order valence-electron chi connectivity index (χ0n) is 15.0. The number of hydrogen-bond donors (Lipinski definition) is 0. The Hall–Kier alpha value is -1.48. The van der Waals surface area contributed by atoms with Gasteiger partial charge < -0.3 is 4.74 Å². The second-order valence-electron chi connectivity index (χ2n) is 6.40. The molecule has 9 heteroatoms. The molecule has 1 saturated heterocycles. The lowest BCUT2D eigenvalue weighted by molar-refractivity contribution is 0.0468. The van der Waals surface area contributed by atoms with E-state index in [1.807, 2.05) is 12.3 Å². The molecule has 0 amide bonds. The van der Waals surface area contributed by atoms with Crippen molar-refractivity contribution in [3.05, 3.63) is 44.9 Å². The van der Waals surface area contributed by atoms with Crippen molar-refractivity contribution in [2.75, 3.05) is 13.1 Å². The second kappa shape index (κ2) is 8.68. The highest BCUT2D eigenvalue weighted by molar-refractivity contribution is 7.89. The predicted molar refractivity (Wildman–Crippen MR) is 105 cm³/mol. The third kappa shape index (κ3) is 4.87. The normalized spacial score (nSPS) is 16.1. The minimum Gasteiger partial charge on any atom is -0.456 e. The maximum absolute atomic E-state index is 13.0. The number of carbonyl (C=O) groups excluding carboxylic acids is 1. The fourth-order valence-electron chi connectivity index (χ4n) is 2.95. The van der Waals surface area contributed by atoms with Crippen LogP contribution >= 0.6 is 22.9 Å². The Kier molecular flexibility index (Phi) is 6.52. The number of sulfonamides is 1. The van der Waals surface area contributed by atoms with E-state index in [1.54, 1.807) is 0 Å². The summed E-state index contributed by atoms with van der Waals surface area (Å²) >= 11 is 7.63. The van der Waals surface area contributed by atoms with Crippen molar-refractivity contribution in [1.29, 1.82) is 0 Å². The lowest BCUT2D eigenvalue weighted by atomic mass is 10.2. The van der Waals surface area contributed by atoms with E-state index in [2.05, 4.69) is 4.98 Å². The van der Waals surface area contributed by atoms with E-state index in [0.29, 0.717) is 18.8 Å². The summed E-state index contributed by atoms with van der Waals surface area (Å²) in [6.45, 7) is 2.85. The van der Waals surface area contributed by atoms with Crippen LogP contribution in [0.4, 0.5) is 0 Å². The number of esters is 1. The molecule has 0 N–H and O–H groups in total. The van der Waals surface area contributed by atoms with Crippen LogP contribution in [0.15, 0.2) is 28.5 Å². The first-order valence-corrected chi connectivity index (χ1v) is 11.5. The Morgan fingerprint density at radius 2 is 1.96 bits per heavy atom. The lowest BCUT2D eigenvalue weighted by Gasteiger charge is -2.21. The molecule has 2 aromatic rings. The molecular weight excluding hydrogens is 408 g/mol. The molecule has 0 saturated carbocycles. The molecule has 0 atom stereocenters. The van der Waals surface area contributed by atoms with Gasteiger partial charge in [-0.15, -0.1) is 11.3 Å². The van der Waals surface area contributed by atoms with Gasteiger partial charge in [-0.3, -0.25) is 0 Å². The second-order valence-corrected chi connectivity index (χ2v) is 9.77. The number of aromatic nitrogens is 1. The van der Waals surface area contributed by atoms with E-state index in [9.17, 15) is 13.2 Å². The Morgan fingerprint density at radius 1 is 1.26 bits per heavy atom. The van der Waals surface area contributed by atoms with Gasteiger partial charge in [0, 0.05) is 18.5 Å². The minimum atomic E-state index is -3.75. The smallest absolute Gasteiger partial charge is 0.338 e. The molecule has 6 nitrogen and oxygen atoms in total. The standard InChI is InChI=1S/C18H21ClN2O4S2/c1-13-20-15(12-26-13)11-25-18(22)14-6-7-16(19)17(10-14)27(23,24)21-8-4-2-3-5-9-21/h6-7,10,12H,2-5,8-9,11H2,1H3. The molecule has 1 aromatic carbocycles. The molecule has 1 fully saturated rings. The molecule has 0 aliphatic carbocycles. The molecule has 1 aliphatic heterocycles. The number of hydrogen-bond acceptors (Lipinski definition) is 6. The maximum atomic E-state index is 13.0. The van der Waals surface area contributed by atoms with Crippen LogP contribution in [-0.2, 0) is 21.4 Å². The van der Waals surface area contributed by atoms with Gasteiger partial charge in [0.05, 0.1) is 21.3 Å². The van der Waals surface area contributed by atoms with E-state index < -0.39 is 16.0 Å². The number of nitrogens with zero attached hydrogens (tertiary/aromatic N) is 2. The molecule has 1 aromatic heterocycles. The first-order chi connectivity index (χ1) is 12.9. The third-order valence-corrected chi connectivity index (χ3v) is 7.57. The van der Waals surface area contributed by atoms with Crippen LogP contribution < -0.4 is 0 Å². The van der Waals surface area contributed by atoms with Gasteiger partial charge in [-0.2, -0.15) is 4.31 Å². The zero-order valence-corrected chi connectivity index (χ0v) is 17.4. The highest BCUT2D eigenvalue weighted by Crippen LogP contribution is 2.28. The number of benzene rings is 1. The lowest BCUT2D eigenvalue weighted by Crippen LogP contribution is -2.32. The summed E-state index contributed by atoms with van der Waals surface area (Å²) in [4.78, 5) is 16.5. The number of halogens is 1. The number of thiazole rings is 1. The van der Waals surface area contributed by atoms with E-state index in [4.69, 9.17) is 16.3 Å². The average Bonchev–Trinajstić information content (AvgIpc) is 2.88. The Labute approximate surface area is 168 Å². The molecular formula is C18H21ClN2O4S2. The van der Waals surface area contributed by atoms with Crippen LogP contribution in [0.1, 0.15) is 46.7 Å². The summed E-state index contributed by atoms with van der Waals surface area (Å²) in [5, 5.41) is 2.81. The largest absolute Gasteiger partial charge is 0.456 e. The Morgan fingerprint density at radius 3 is 2.59 bits per heavy atom. The first-order valence-electron chi connectivity index (χ1n) is 8.76. The van der Waals surface area contributed by atoms with Crippen molar-refractivity contribution in [2.45, 2.75) is 44.1 Å². The summed E-state index contributed by atoms with van der Waals surface area (Å²) in [5.74, 6) is -0.607. The fraction of sp³-hybridized carbons (Fsp3) is 0.444. The molecule has 0 bridgehead atoms. The summed E-state index contributed by atoms with van der Waals surface area (Å²) in [6, 6.07) is 4.20. The van der Waals surface area contributed by atoms with Crippen LogP contribution in [0.3, 0.4) is 0 Å². The highest BCUT2D eigenvalue weighted by atomic mass is 35.5. The number of ether oxygens (including phenoxy) is 1. The van der Waals surface area contributed by atoms with E-state index in [0.717, 1.165) is 30.7 Å². The zero-order chi connectivity index (χ0) is 19.4. The fourth-order valence-corrected chi connectivity index (χ4v) is 5.56. The number of aryl methyl sites for hydroxylation is 1. The van der Waals surface area contributed by atoms with Gasteiger partial charge in [0.25, 0.3) is 0 Å². The van der Waals surface area contributed by atoms with Gasteiger partial charge in [0.2, 0.25) is 10.0 Å². The van der Waals surface area contributed by atoms with Crippen molar-refractivity contribution in [2.24, 2.45) is 0 Å². The topological polar surface area (TPSA) is 76.6 Å². The average molecular weight is 429 g/mol. The molecule has 0 spiro atoms. The summed E-state index contributed by atoms with van der Waals surface area (Å²) in [6.07, 6.45) is 3.68. The van der Waals surface area contributed by atoms with Crippen LogP contribution in [0.5, 0.6) is 0 Å². The van der Waals surface area contributed by atoms with Crippen molar-refractivity contribution in [1.82, 2.24) is 9.29 Å². The molecule has 146 valence electrons. The highest BCUT2D eigenvalue weighted by Gasteiger charge is 2.28. The molecule has 3 rings (SSSR count).